The molecule has 2 fully saturated rings. The summed E-state index contributed by atoms with van der Waals surface area (Å²) >= 11 is 1.43. The van der Waals surface area contributed by atoms with Gasteiger partial charge in [-0.2, -0.15) is 5.10 Å². The maximum Gasteiger partial charge on any atom is 0.355 e. The number of nitrogens with zero attached hydrogens (tertiary/aromatic N) is 6. The van der Waals surface area contributed by atoms with Crippen LogP contribution in [0.5, 0.6) is 11.5 Å². The lowest BCUT2D eigenvalue weighted by molar-refractivity contribution is -0.134. The van der Waals surface area contributed by atoms with Crippen molar-refractivity contribution in [3.05, 3.63) is 125 Å². The monoisotopic (exact) mass is 946 g/mol. The summed E-state index contributed by atoms with van der Waals surface area (Å²) in [5.41, 5.74) is 7.15. The Balaban J connectivity index is 0.685. The third-order valence-corrected chi connectivity index (χ3v) is 14.7. The summed E-state index contributed by atoms with van der Waals surface area (Å²) in [4.78, 5) is 64.2. The number of carbonyl (C=O) groups excluding carboxylic acids is 3. The second kappa shape index (κ2) is 19.8. The highest BCUT2D eigenvalue weighted by Gasteiger charge is 2.32. The molecule has 6 heterocycles. The number of rotatable bonds is 15. The molecule has 3 aromatic heterocycles. The Labute approximate surface area is 403 Å². The zero-order valence-corrected chi connectivity index (χ0v) is 39.5. The van der Waals surface area contributed by atoms with Crippen molar-refractivity contribution in [2.45, 2.75) is 64.3 Å². The van der Waals surface area contributed by atoms with Gasteiger partial charge in [-0.15, -0.1) is 0 Å². The average molecular weight is 947 g/mol. The predicted octanol–water partition coefficient (Wildman–Crippen LogP) is 8.54. The Morgan fingerprint density at radius 2 is 1.67 bits per heavy atom. The number of pyridine rings is 1. The number of likely N-dealkylation sites (tertiary alicyclic amines) is 1. The molecule has 0 radical (unpaired) electrons. The number of aromatic carboxylic acids is 1. The minimum atomic E-state index is -1.11. The van der Waals surface area contributed by atoms with Crippen molar-refractivity contribution in [1.29, 1.82) is 0 Å². The van der Waals surface area contributed by atoms with E-state index in [1.807, 2.05) is 110 Å². The molecule has 0 spiro atoms. The van der Waals surface area contributed by atoms with Crippen molar-refractivity contribution in [2.24, 2.45) is 13.0 Å². The van der Waals surface area contributed by atoms with Gasteiger partial charge in [0, 0.05) is 55.7 Å². The van der Waals surface area contributed by atoms with Crippen LogP contribution in [0, 0.1) is 12.8 Å². The van der Waals surface area contributed by atoms with Crippen LogP contribution in [0.25, 0.3) is 32.2 Å². The van der Waals surface area contributed by atoms with E-state index in [9.17, 15) is 24.3 Å². The number of imide groups is 1. The van der Waals surface area contributed by atoms with E-state index in [0.29, 0.717) is 79.3 Å². The highest BCUT2D eigenvalue weighted by molar-refractivity contribution is 7.22. The van der Waals surface area contributed by atoms with E-state index < -0.39 is 11.9 Å². The minimum absolute atomic E-state index is 0.0263. The van der Waals surface area contributed by atoms with Crippen LogP contribution in [0.15, 0.2) is 91.0 Å². The highest BCUT2D eigenvalue weighted by atomic mass is 32.1. The summed E-state index contributed by atoms with van der Waals surface area (Å²) < 4.78 is 15.1. The van der Waals surface area contributed by atoms with E-state index in [4.69, 9.17) is 14.5 Å². The molecule has 2 saturated heterocycles. The molecule has 0 bridgehead atoms. The smallest absolute Gasteiger partial charge is 0.355 e. The number of amides is 3. The molecule has 1 atom stereocenters. The highest BCUT2D eigenvalue weighted by Crippen LogP contribution is 2.35. The SMILES string of the molecule is Cc1cc(OCCCC2CCN(CCOc3ccc4c(C5CCC(=O)NC5=O)nn(C)c4c3)CC2)ccc1-c1ccc(N2CCc3cccc(C(=O)Nc4nc5ccccc5s4)c3C2)nc1C(=O)O. The Kier molecular flexibility index (Phi) is 13.1. The van der Waals surface area contributed by atoms with Crippen LogP contribution in [0.1, 0.15) is 87.7 Å². The van der Waals surface area contributed by atoms with Crippen LogP contribution in [0.2, 0.25) is 0 Å². The molecule has 354 valence electrons. The number of carboxylic acid groups (broad SMARTS) is 1. The Morgan fingerprint density at radius 3 is 2.48 bits per heavy atom. The number of carboxylic acids is 1. The molecule has 69 heavy (non-hydrogen) atoms. The molecule has 7 aromatic rings. The van der Waals surface area contributed by atoms with Crippen molar-refractivity contribution in [3.8, 4) is 22.6 Å². The summed E-state index contributed by atoms with van der Waals surface area (Å²) in [6.45, 7) is 7.07. The standard InChI is InChI=1S/C53H54N8O7S/c1-32-29-35(67-27-6-7-33-20-23-60(24-21-33)26-28-68-36-13-15-40-44(30-36)59(2)58-48(40)41-17-19-47(62)56-51(41)64)12-14-37(32)38-16-18-46(55-49(38)52(65)66)61-25-22-34-8-5-9-39(42(34)31-61)50(63)57-53-54-43-10-3-4-11-45(43)69-53/h3-5,8-16,18,29-30,33,41H,6-7,17,19-28,31H2,1-2H3,(H,65,66)(H,54,57,63)(H,56,62,64). The van der Waals surface area contributed by atoms with Gasteiger partial charge in [-0.05, 0) is 141 Å². The Morgan fingerprint density at radius 1 is 0.870 bits per heavy atom. The fourth-order valence-corrected chi connectivity index (χ4v) is 10.9. The quantitative estimate of drug-likeness (QED) is 0.0660. The molecule has 10 rings (SSSR count). The minimum Gasteiger partial charge on any atom is -0.494 e. The van der Waals surface area contributed by atoms with Gasteiger partial charge in [-0.1, -0.05) is 41.7 Å². The zero-order valence-electron chi connectivity index (χ0n) is 38.7. The van der Waals surface area contributed by atoms with Crippen LogP contribution >= 0.6 is 11.3 Å². The molecule has 3 N–H and O–H groups in total. The van der Waals surface area contributed by atoms with Crippen molar-refractivity contribution in [2.75, 3.05) is 49.6 Å². The summed E-state index contributed by atoms with van der Waals surface area (Å²) in [5.74, 6) is 0.394. The summed E-state index contributed by atoms with van der Waals surface area (Å²) in [7, 11) is 1.86. The number of nitrogens with one attached hydrogen (secondary N) is 2. The molecule has 16 heteroatoms. The molecule has 0 saturated carbocycles. The number of aryl methyl sites for hydroxylation is 2. The molecular weight excluding hydrogens is 893 g/mol. The number of hydrogen-bond donors (Lipinski definition) is 3. The first-order chi connectivity index (χ1) is 33.5. The van der Waals surface area contributed by atoms with Crippen LogP contribution in [0.4, 0.5) is 10.9 Å². The van der Waals surface area contributed by atoms with E-state index in [2.05, 4.69) is 25.6 Å². The number of piperidine rings is 2. The third-order valence-electron chi connectivity index (χ3n) is 13.8. The van der Waals surface area contributed by atoms with Gasteiger partial charge in [0.05, 0.1) is 34.0 Å². The maximum atomic E-state index is 13.6. The Bertz CT molecular complexity index is 3070. The van der Waals surface area contributed by atoms with Crippen molar-refractivity contribution >= 4 is 67.1 Å². The topological polar surface area (TPSA) is 181 Å². The number of benzene rings is 4. The molecule has 3 amide bonds. The average Bonchev–Trinajstić information content (AvgIpc) is 3.92. The third kappa shape index (κ3) is 9.90. The Hall–Kier alpha value is -7.17. The van der Waals surface area contributed by atoms with Gasteiger partial charge in [0.15, 0.2) is 10.8 Å². The van der Waals surface area contributed by atoms with E-state index in [1.165, 1.54) is 11.3 Å². The van der Waals surface area contributed by atoms with Gasteiger partial charge in [-0.25, -0.2) is 14.8 Å². The number of hydrogen-bond acceptors (Lipinski definition) is 12. The van der Waals surface area contributed by atoms with E-state index in [-0.39, 0.29) is 23.4 Å². The first kappa shape index (κ1) is 45.6. The van der Waals surface area contributed by atoms with Crippen LogP contribution < -0.4 is 25.0 Å². The number of fused-ring (bicyclic) bond motifs is 3. The zero-order chi connectivity index (χ0) is 47.6. The summed E-state index contributed by atoms with van der Waals surface area (Å²) in [6.07, 6.45) is 5.76. The van der Waals surface area contributed by atoms with Crippen LogP contribution in [-0.2, 0) is 29.6 Å². The molecule has 3 aliphatic rings. The molecule has 3 aliphatic heterocycles. The van der Waals surface area contributed by atoms with Gasteiger partial charge in [0.25, 0.3) is 5.91 Å². The first-order valence-electron chi connectivity index (χ1n) is 23.7. The predicted molar refractivity (Wildman–Crippen MR) is 265 cm³/mol. The first-order valence-corrected chi connectivity index (χ1v) is 24.5. The number of para-hydroxylation sites is 1. The number of thiazole rings is 1. The van der Waals surface area contributed by atoms with Gasteiger partial charge >= 0.3 is 5.97 Å². The van der Waals surface area contributed by atoms with Gasteiger partial charge in [0.2, 0.25) is 11.8 Å². The lowest BCUT2D eigenvalue weighted by atomic mass is 9.92. The fourth-order valence-electron chi connectivity index (χ4n) is 10.0. The van der Waals surface area contributed by atoms with E-state index >= 15 is 0 Å². The largest absolute Gasteiger partial charge is 0.494 e. The number of aromatic nitrogens is 4. The van der Waals surface area contributed by atoms with Gasteiger partial charge in [-0.3, -0.25) is 34.6 Å². The fraction of sp³-hybridized carbons (Fsp3) is 0.340. The van der Waals surface area contributed by atoms with Crippen LogP contribution in [0.3, 0.4) is 0 Å². The number of anilines is 2. The maximum absolute atomic E-state index is 13.6. The molecule has 4 aromatic carbocycles. The molecule has 1 unspecified atom stereocenters. The number of carbonyl (C=O) groups is 4. The molecule has 15 nitrogen and oxygen atoms in total. The lowest BCUT2D eigenvalue weighted by Crippen LogP contribution is -2.39. The molecular formula is C53H54N8O7S. The van der Waals surface area contributed by atoms with Gasteiger partial charge in [0.1, 0.15) is 23.9 Å². The van der Waals surface area contributed by atoms with Crippen LogP contribution in [-0.4, -0.2) is 92.8 Å². The van der Waals surface area contributed by atoms with Crippen molar-refractivity contribution in [3.63, 3.8) is 0 Å². The van der Waals surface area contributed by atoms with Gasteiger partial charge < -0.3 is 19.5 Å². The molecule has 0 aliphatic carbocycles. The second-order valence-electron chi connectivity index (χ2n) is 18.2. The lowest BCUT2D eigenvalue weighted by Gasteiger charge is -2.31. The van der Waals surface area contributed by atoms with E-state index in [0.717, 1.165) is 100 Å². The normalized spacial score (nSPS) is 16.7. The number of ether oxygens (including phenoxy) is 2. The second-order valence-corrected chi connectivity index (χ2v) is 19.2. The van der Waals surface area contributed by atoms with E-state index in [1.54, 1.807) is 4.68 Å². The van der Waals surface area contributed by atoms with Crippen molar-refractivity contribution in [1.82, 2.24) is 30.0 Å². The summed E-state index contributed by atoms with van der Waals surface area (Å²) in [5, 5.41) is 21.9. The summed E-state index contributed by atoms with van der Waals surface area (Å²) in [6, 6.07) is 28.9. The van der Waals surface area contributed by atoms with Crippen molar-refractivity contribution < 1.29 is 33.8 Å².